The highest BCUT2D eigenvalue weighted by Gasteiger charge is 1.96. The maximum Gasteiger partial charge on any atom is 0.119 e. The van der Waals surface area contributed by atoms with Crippen molar-refractivity contribution in [1.29, 1.82) is 0 Å². The third kappa shape index (κ3) is 1.73. The molecule has 1 aromatic rings. The topological polar surface area (TPSA) is 9.23 Å². The van der Waals surface area contributed by atoms with E-state index in [0.29, 0.717) is 0 Å². The Labute approximate surface area is 68.0 Å². The summed E-state index contributed by atoms with van der Waals surface area (Å²) in [7, 11) is 1.67. The van der Waals surface area contributed by atoms with Gasteiger partial charge in [0.15, 0.2) is 0 Å². The fourth-order valence-corrected chi connectivity index (χ4v) is 1.07. The van der Waals surface area contributed by atoms with Gasteiger partial charge >= 0.3 is 0 Å². The minimum Gasteiger partial charge on any atom is -0.497 e. The Bertz CT molecular complexity index is 241. The molecule has 0 heterocycles. The van der Waals surface area contributed by atoms with Crippen LogP contribution in [0.1, 0.15) is 18.1 Å². The fourth-order valence-electron chi connectivity index (χ4n) is 1.07. The van der Waals surface area contributed by atoms with Crippen molar-refractivity contribution in [2.75, 3.05) is 7.11 Å². The van der Waals surface area contributed by atoms with E-state index in [0.717, 1.165) is 17.7 Å². The quantitative estimate of drug-likeness (QED) is 0.627. The van der Waals surface area contributed by atoms with E-state index in [1.807, 2.05) is 12.1 Å². The average molecular weight is 149 g/mol. The van der Waals surface area contributed by atoms with E-state index in [-0.39, 0.29) is 0 Å². The summed E-state index contributed by atoms with van der Waals surface area (Å²) in [6.07, 6.45) is 1.03. The number of ether oxygens (including phenoxy) is 1. The van der Waals surface area contributed by atoms with E-state index in [1.165, 1.54) is 5.56 Å². The molecular weight excluding hydrogens is 136 g/mol. The van der Waals surface area contributed by atoms with Crippen LogP contribution in [-0.4, -0.2) is 7.11 Å². The molecule has 0 saturated carbocycles. The summed E-state index contributed by atoms with van der Waals surface area (Å²) >= 11 is 0. The zero-order valence-corrected chi connectivity index (χ0v) is 7.05. The molecule has 0 spiro atoms. The molecule has 0 aliphatic heterocycles. The lowest BCUT2D eigenvalue weighted by molar-refractivity contribution is 0.414. The van der Waals surface area contributed by atoms with E-state index in [2.05, 4.69) is 19.9 Å². The van der Waals surface area contributed by atoms with Crippen molar-refractivity contribution in [3.05, 3.63) is 36.2 Å². The van der Waals surface area contributed by atoms with Gasteiger partial charge in [0.2, 0.25) is 0 Å². The number of hydrogen-bond acceptors (Lipinski definition) is 1. The van der Waals surface area contributed by atoms with Crippen molar-refractivity contribution in [2.45, 2.75) is 13.3 Å². The summed E-state index contributed by atoms with van der Waals surface area (Å²) in [5.74, 6) is 0.882. The molecule has 1 nitrogen and oxygen atoms in total. The molecule has 11 heavy (non-hydrogen) atoms. The Kier molecular flexibility index (Phi) is 2.53. The highest BCUT2D eigenvalue weighted by molar-refractivity contribution is 5.37. The molecule has 0 atom stereocenters. The number of rotatable bonds is 2. The smallest absolute Gasteiger partial charge is 0.119 e. The molecule has 0 saturated heterocycles. The molecule has 0 aliphatic rings. The maximum absolute atomic E-state index is 5.05. The minimum atomic E-state index is 0.882. The van der Waals surface area contributed by atoms with E-state index in [4.69, 9.17) is 4.74 Å². The number of aryl methyl sites for hydroxylation is 1. The number of methoxy groups -OCH3 is 1. The third-order valence-electron chi connectivity index (χ3n) is 1.79. The van der Waals surface area contributed by atoms with Crippen molar-refractivity contribution in [3.63, 3.8) is 0 Å². The van der Waals surface area contributed by atoms with E-state index in [9.17, 15) is 0 Å². The van der Waals surface area contributed by atoms with Gasteiger partial charge in [-0.25, -0.2) is 0 Å². The van der Waals surface area contributed by atoms with Gasteiger partial charge in [0.25, 0.3) is 0 Å². The van der Waals surface area contributed by atoms with Gasteiger partial charge in [-0.3, -0.25) is 0 Å². The molecule has 59 valence electrons. The lowest BCUT2D eigenvalue weighted by atomic mass is 10.1. The van der Waals surface area contributed by atoms with Crippen LogP contribution in [0.5, 0.6) is 5.75 Å². The highest BCUT2D eigenvalue weighted by Crippen LogP contribution is 2.16. The van der Waals surface area contributed by atoms with Gasteiger partial charge in [-0.05, 0) is 36.6 Å². The van der Waals surface area contributed by atoms with Crippen LogP contribution in [0.3, 0.4) is 0 Å². The van der Waals surface area contributed by atoms with Crippen LogP contribution in [0.2, 0.25) is 0 Å². The first-order chi connectivity index (χ1) is 5.27. The molecule has 0 N–H and O–H groups in total. The highest BCUT2D eigenvalue weighted by atomic mass is 16.5. The molecule has 1 aromatic carbocycles. The molecule has 0 unspecified atom stereocenters. The van der Waals surface area contributed by atoms with Crippen molar-refractivity contribution >= 4 is 0 Å². The summed E-state index contributed by atoms with van der Waals surface area (Å²) in [5, 5.41) is 0. The SMILES string of the molecule is [CH2]c1cc(OC)ccc1CC. The molecule has 1 heteroatoms. The molecule has 1 radical (unpaired) electrons. The molecule has 1 rings (SSSR count). The molecule has 0 aliphatic carbocycles. The van der Waals surface area contributed by atoms with Crippen LogP contribution in [0.4, 0.5) is 0 Å². The van der Waals surface area contributed by atoms with Gasteiger partial charge in [-0.1, -0.05) is 13.0 Å². The van der Waals surface area contributed by atoms with E-state index in [1.54, 1.807) is 7.11 Å². The molecule has 0 bridgehead atoms. The summed E-state index contributed by atoms with van der Waals surface area (Å²) in [6, 6.07) is 5.98. The molecular formula is C10H13O. The van der Waals surface area contributed by atoms with Crippen LogP contribution in [0.15, 0.2) is 18.2 Å². The Morgan fingerprint density at radius 3 is 2.64 bits per heavy atom. The normalized spacial score (nSPS) is 9.73. The molecule has 0 fully saturated rings. The largest absolute Gasteiger partial charge is 0.497 e. The minimum absolute atomic E-state index is 0.882. The zero-order valence-electron chi connectivity index (χ0n) is 7.05. The Hall–Kier alpha value is -0.980. The predicted molar refractivity (Wildman–Crippen MR) is 46.8 cm³/mol. The first kappa shape index (κ1) is 8.12. The lowest BCUT2D eigenvalue weighted by Crippen LogP contribution is -1.88. The Morgan fingerprint density at radius 2 is 2.18 bits per heavy atom. The standard InChI is InChI=1S/C10H13O/c1-4-9-5-6-10(11-3)7-8(9)2/h5-7H,2,4H2,1,3H3. The van der Waals surface area contributed by atoms with Crippen LogP contribution in [-0.2, 0) is 6.42 Å². The van der Waals surface area contributed by atoms with E-state index >= 15 is 0 Å². The van der Waals surface area contributed by atoms with Gasteiger partial charge < -0.3 is 4.74 Å². The fraction of sp³-hybridized carbons (Fsp3) is 0.300. The van der Waals surface area contributed by atoms with Crippen LogP contribution in [0, 0.1) is 6.92 Å². The lowest BCUT2D eigenvalue weighted by Gasteiger charge is -2.04. The van der Waals surface area contributed by atoms with Crippen LogP contribution < -0.4 is 4.74 Å². The van der Waals surface area contributed by atoms with Gasteiger partial charge in [-0.2, -0.15) is 0 Å². The summed E-state index contributed by atoms with van der Waals surface area (Å²) in [5.41, 5.74) is 2.35. The monoisotopic (exact) mass is 149 g/mol. The summed E-state index contributed by atoms with van der Waals surface area (Å²) < 4.78 is 5.05. The van der Waals surface area contributed by atoms with E-state index < -0.39 is 0 Å². The van der Waals surface area contributed by atoms with Crippen LogP contribution >= 0.6 is 0 Å². The zero-order chi connectivity index (χ0) is 8.27. The summed E-state index contributed by atoms with van der Waals surface area (Å²) in [6.45, 7) is 6.04. The summed E-state index contributed by atoms with van der Waals surface area (Å²) in [4.78, 5) is 0. The molecule has 0 aromatic heterocycles. The van der Waals surface area contributed by atoms with Crippen LogP contribution in [0.25, 0.3) is 0 Å². The van der Waals surface area contributed by atoms with Gasteiger partial charge in [0.05, 0.1) is 7.11 Å². The number of hydrogen-bond donors (Lipinski definition) is 0. The van der Waals surface area contributed by atoms with Gasteiger partial charge in [0.1, 0.15) is 5.75 Å². The average Bonchev–Trinajstić information content (AvgIpc) is 2.04. The second-order valence-electron chi connectivity index (χ2n) is 2.49. The number of benzene rings is 1. The van der Waals surface area contributed by atoms with Crippen molar-refractivity contribution in [1.82, 2.24) is 0 Å². The second kappa shape index (κ2) is 3.42. The maximum atomic E-state index is 5.05. The van der Waals surface area contributed by atoms with Gasteiger partial charge in [-0.15, -0.1) is 0 Å². The third-order valence-corrected chi connectivity index (χ3v) is 1.79. The van der Waals surface area contributed by atoms with Crippen molar-refractivity contribution < 1.29 is 4.74 Å². The van der Waals surface area contributed by atoms with Crippen molar-refractivity contribution in [2.24, 2.45) is 0 Å². The molecule has 0 amide bonds. The van der Waals surface area contributed by atoms with Crippen molar-refractivity contribution in [3.8, 4) is 5.75 Å². The second-order valence-corrected chi connectivity index (χ2v) is 2.49. The predicted octanol–water partition coefficient (Wildman–Crippen LogP) is 2.44. The Balaban J connectivity index is 2.99. The Morgan fingerprint density at radius 1 is 1.45 bits per heavy atom. The first-order valence-electron chi connectivity index (χ1n) is 3.76. The van der Waals surface area contributed by atoms with Gasteiger partial charge in [0, 0.05) is 0 Å². The first-order valence-corrected chi connectivity index (χ1v) is 3.76.